The minimum absolute atomic E-state index is 0.270. The van der Waals surface area contributed by atoms with Crippen molar-refractivity contribution in [2.45, 2.75) is 38.8 Å². The number of aromatic amines is 1. The summed E-state index contributed by atoms with van der Waals surface area (Å²) in [6, 6.07) is 16.4. The van der Waals surface area contributed by atoms with Crippen LogP contribution < -0.4 is 10.7 Å². The molecule has 1 atom stereocenters. The van der Waals surface area contributed by atoms with Gasteiger partial charge in [-0.25, -0.2) is 10.2 Å². The zero-order chi connectivity index (χ0) is 24.1. The molecule has 4 aromatic rings. The number of hydrogen-bond donors (Lipinski definition) is 3. The van der Waals surface area contributed by atoms with Crippen molar-refractivity contribution in [3.63, 3.8) is 0 Å². The minimum atomic E-state index is -0.882. The van der Waals surface area contributed by atoms with E-state index in [0.717, 1.165) is 32.9 Å². The summed E-state index contributed by atoms with van der Waals surface area (Å²) in [5.74, 6) is -0.449. The van der Waals surface area contributed by atoms with Crippen molar-refractivity contribution in [2.24, 2.45) is 5.10 Å². The van der Waals surface area contributed by atoms with Gasteiger partial charge in [-0.2, -0.15) is 5.10 Å². The standard InChI is InChI=1S/C26H27N5O3/c1-26(2,3)34-25(33)30-23(14-19-16-28-22-9-5-4-8-20(19)22)24(32)31-29-15-17-10-11-21-18(13-17)7-6-12-27-21/h4-13,15-16,23,28H,14H2,1-3H3,(H,30,33)(H,31,32). The first kappa shape index (κ1) is 23.0. The molecule has 2 aromatic carbocycles. The molecule has 0 spiro atoms. The van der Waals surface area contributed by atoms with Crippen LogP contribution in [-0.2, 0) is 16.0 Å². The number of carbonyl (C=O) groups is 2. The van der Waals surface area contributed by atoms with Crippen LogP contribution in [0.25, 0.3) is 21.8 Å². The number of pyridine rings is 1. The smallest absolute Gasteiger partial charge is 0.408 e. The van der Waals surface area contributed by atoms with Gasteiger partial charge >= 0.3 is 6.09 Å². The lowest BCUT2D eigenvalue weighted by Gasteiger charge is -2.22. The average Bonchev–Trinajstić information content (AvgIpc) is 3.20. The van der Waals surface area contributed by atoms with E-state index in [1.54, 1.807) is 33.2 Å². The maximum atomic E-state index is 13.0. The number of carbonyl (C=O) groups excluding carboxylic acids is 2. The molecular formula is C26H27N5O3. The van der Waals surface area contributed by atoms with Gasteiger partial charge in [0.1, 0.15) is 11.6 Å². The zero-order valence-corrected chi connectivity index (χ0v) is 19.3. The van der Waals surface area contributed by atoms with Crippen molar-refractivity contribution < 1.29 is 14.3 Å². The third kappa shape index (κ3) is 5.78. The van der Waals surface area contributed by atoms with E-state index in [1.807, 2.05) is 60.8 Å². The van der Waals surface area contributed by atoms with Gasteiger partial charge in [-0.15, -0.1) is 0 Å². The fraction of sp³-hybridized carbons (Fsp3) is 0.231. The molecule has 34 heavy (non-hydrogen) atoms. The van der Waals surface area contributed by atoms with Gasteiger partial charge in [-0.3, -0.25) is 9.78 Å². The molecule has 4 rings (SSSR count). The molecule has 8 nitrogen and oxygen atoms in total. The van der Waals surface area contributed by atoms with E-state index in [2.05, 4.69) is 25.8 Å². The van der Waals surface area contributed by atoms with Gasteiger partial charge in [0.05, 0.1) is 11.7 Å². The summed E-state index contributed by atoms with van der Waals surface area (Å²) in [6.45, 7) is 5.31. The Morgan fingerprint density at radius 3 is 2.79 bits per heavy atom. The largest absolute Gasteiger partial charge is 0.444 e. The van der Waals surface area contributed by atoms with E-state index < -0.39 is 23.6 Å². The quantitative estimate of drug-likeness (QED) is 0.296. The molecule has 0 saturated carbocycles. The molecule has 0 aliphatic carbocycles. The fourth-order valence-electron chi connectivity index (χ4n) is 3.60. The van der Waals surface area contributed by atoms with Crippen molar-refractivity contribution in [1.82, 2.24) is 20.7 Å². The zero-order valence-electron chi connectivity index (χ0n) is 19.3. The van der Waals surface area contributed by atoms with Gasteiger partial charge in [0.2, 0.25) is 0 Å². The van der Waals surface area contributed by atoms with Gasteiger partial charge in [0.25, 0.3) is 5.91 Å². The molecular weight excluding hydrogens is 430 g/mol. The molecule has 174 valence electrons. The number of para-hydroxylation sites is 1. The summed E-state index contributed by atoms with van der Waals surface area (Å²) in [4.78, 5) is 32.9. The van der Waals surface area contributed by atoms with Crippen molar-refractivity contribution >= 4 is 40.0 Å². The Morgan fingerprint density at radius 1 is 1.15 bits per heavy atom. The number of hydrazone groups is 1. The van der Waals surface area contributed by atoms with E-state index >= 15 is 0 Å². The summed E-state index contributed by atoms with van der Waals surface area (Å²) < 4.78 is 5.36. The lowest BCUT2D eigenvalue weighted by Crippen LogP contribution is -2.48. The van der Waals surface area contributed by atoms with Gasteiger partial charge in [0.15, 0.2) is 0 Å². The second kappa shape index (κ2) is 9.74. The number of fused-ring (bicyclic) bond motifs is 2. The van der Waals surface area contributed by atoms with E-state index in [1.165, 1.54) is 0 Å². The van der Waals surface area contributed by atoms with Crippen LogP contribution >= 0.6 is 0 Å². The maximum Gasteiger partial charge on any atom is 0.408 e. The number of hydrogen-bond acceptors (Lipinski definition) is 5. The van der Waals surface area contributed by atoms with Crippen LogP contribution in [0.4, 0.5) is 4.79 Å². The number of nitrogens with zero attached hydrogens (tertiary/aromatic N) is 2. The number of amides is 2. The van der Waals surface area contributed by atoms with Gasteiger partial charge < -0.3 is 15.0 Å². The highest BCUT2D eigenvalue weighted by Crippen LogP contribution is 2.19. The van der Waals surface area contributed by atoms with Crippen LogP contribution in [0.1, 0.15) is 31.9 Å². The van der Waals surface area contributed by atoms with Crippen molar-refractivity contribution in [2.75, 3.05) is 0 Å². The molecule has 2 heterocycles. The molecule has 0 radical (unpaired) electrons. The van der Waals surface area contributed by atoms with Crippen LogP contribution in [0.15, 0.2) is 72.1 Å². The van der Waals surface area contributed by atoms with E-state index in [0.29, 0.717) is 0 Å². The molecule has 0 aliphatic rings. The highest BCUT2D eigenvalue weighted by atomic mass is 16.6. The molecule has 1 unspecified atom stereocenters. The van der Waals surface area contributed by atoms with Crippen molar-refractivity contribution in [3.8, 4) is 0 Å². The molecule has 0 fully saturated rings. The highest BCUT2D eigenvalue weighted by molar-refractivity contribution is 5.91. The summed E-state index contributed by atoms with van der Waals surface area (Å²) in [6.07, 6.45) is 4.74. The second-order valence-electron chi connectivity index (χ2n) is 8.95. The van der Waals surface area contributed by atoms with Crippen LogP contribution in [-0.4, -0.2) is 39.8 Å². The average molecular weight is 458 g/mol. The monoisotopic (exact) mass is 457 g/mol. The Bertz CT molecular complexity index is 1350. The third-order valence-corrected chi connectivity index (χ3v) is 5.12. The lowest BCUT2D eigenvalue weighted by molar-refractivity contribution is -0.123. The lowest BCUT2D eigenvalue weighted by atomic mass is 10.0. The number of alkyl carbamates (subject to hydrolysis) is 1. The summed E-state index contributed by atoms with van der Waals surface area (Å²) >= 11 is 0. The van der Waals surface area contributed by atoms with Gasteiger partial charge in [-0.05, 0) is 56.2 Å². The predicted octanol–water partition coefficient (Wildman–Crippen LogP) is 4.30. The minimum Gasteiger partial charge on any atom is -0.444 e. The Morgan fingerprint density at radius 2 is 1.97 bits per heavy atom. The molecule has 0 bridgehead atoms. The normalized spacial score (nSPS) is 12.7. The molecule has 0 saturated heterocycles. The van der Waals surface area contributed by atoms with Crippen molar-refractivity contribution in [1.29, 1.82) is 0 Å². The Balaban J connectivity index is 1.49. The third-order valence-electron chi connectivity index (χ3n) is 5.12. The van der Waals surface area contributed by atoms with Crippen LogP contribution in [0, 0.1) is 0 Å². The molecule has 2 amide bonds. The first-order valence-corrected chi connectivity index (χ1v) is 11.0. The predicted molar refractivity (Wildman–Crippen MR) is 133 cm³/mol. The number of benzene rings is 2. The number of H-pyrrole nitrogens is 1. The first-order valence-electron chi connectivity index (χ1n) is 11.0. The highest BCUT2D eigenvalue weighted by Gasteiger charge is 2.25. The number of rotatable bonds is 6. The SMILES string of the molecule is CC(C)(C)OC(=O)NC(Cc1c[nH]c2ccccc12)C(=O)NN=Cc1ccc2ncccc2c1. The van der Waals surface area contributed by atoms with Crippen LogP contribution in [0.2, 0.25) is 0 Å². The van der Waals surface area contributed by atoms with E-state index in [9.17, 15) is 9.59 Å². The molecule has 8 heteroatoms. The molecule has 0 aliphatic heterocycles. The second-order valence-corrected chi connectivity index (χ2v) is 8.95. The number of nitrogens with one attached hydrogen (secondary N) is 3. The van der Waals surface area contributed by atoms with Gasteiger partial charge in [0, 0.05) is 35.1 Å². The summed E-state index contributed by atoms with van der Waals surface area (Å²) in [7, 11) is 0. The van der Waals surface area contributed by atoms with E-state index in [4.69, 9.17) is 4.74 Å². The van der Waals surface area contributed by atoms with Crippen LogP contribution in [0.3, 0.4) is 0 Å². The fourth-order valence-corrected chi connectivity index (χ4v) is 3.60. The molecule has 2 aromatic heterocycles. The number of aromatic nitrogens is 2. The van der Waals surface area contributed by atoms with Crippen molar-refractivity contribution in [3.05, 3.63) is 78.1 Å². The topological polar surface area (TPSA) is 108 Å². The first-order chi connectivity index (χ1) is 16.3. The summed E-state index contributed by atoms with van der Waals surface area (Å²) in [5.41, 5.74) is 5.41. The summed E-state index contributed by atoms with van der Waals surface area (Å²) in [5, 5.41) is 8.74. The number of ether oxygens (including phenoxy) is 1. The van der Waals surface area contributed by atoms with Crippen LogP contribution in [0.5, 0.6) is 0 Å². The van der Waals surface area contributed by atoms with E-state index in [-0.39, 0.29) is 6.42 Å². The Kier molecular flexibility index (Phi) is 6.58. The van der Waals surface area contributed by atoms with Gasteiger partial charge in [-0.1, -0.05) is 30.3 Å². The Labute approximate surface area is 197 Å². The maximum absolute atomic E-state index is 13.0. The Hall–Kier alpha value is -4.20. The molecule has 3 N–H and O–H groups in total.